The smallest absolute Gasteiger partial charge is 0.153 e. The molecule has 1 aliphatic heterocycles. The van der Waals surface area contributed by atoms with Crippen molar-refractivity contribution in [2.45, 2.75) is 0 Å². The van der Waals surface area contributed by atoms with Crippen molar-refractivity contribution >= 4 is 22.4 Å². The van der Waals surface area contributed by atoms with Crippen molar-refractivity contribution in [2.75, 3.05) is 20.8 Å². The van der Waals surface area contributed by atoms with Crippen LogP contribution in [-0.4, -0.2) is 26.5 Å². The second kappa shape index (κ2) is 6.08. The lowest BCUT2D eigenvalue weighted by Gasteiger charge is -2.14. The largest absolute Gasteiger partial charge is 0.497 e. The third-order valence-electron chi connectivity index (χ3n) is 4.40. The Morgan fingerprint density at radius 1 is 1.28 bits per heavy atom. The van der Waals surface area contributed by atoms with Crippen molar-refractivity contribution in [3.8, 4) is 11.8 Å². The fourth-order valence-electron chi connectivity index (χ4n) is 3.20. The molecule has 1 aromatic heterocycles. The number of hydrogen-bond donors (Lipinski definition) is 0. The molecule has 0 N–H and O–H groups in total. The van der Waals surface area contributed by atoms with Gasteiger partial charge in [0, 0.05) is 18.4 Å². The van der Waals surface area contributed by atoms with Gasteiger partial charge in [0.15, 0.2) is 5.76 Å². The number of aliphatic imine (C=N–C) groups is 1. The topological polar surface area (TPSA) is 67.8 Å². The van der Waals surface area contributed by atoms with Crippen LogP contribution in [0.3, 0.4) is 0 Å². The van der Waals surface area contributed by atoms with E-state index >= 15 is 0 Å². The monoisotopic (exact) mass is 332 g/mol. The summed E-state index contributed by atoms with van der Waals surface area (Å²) in [5.41, 5.74) is 4.03. The van der Waals surface area contributed by atoms with Crippen molar-refractivity contribution in [2.24, 2.45) is 10.9 Å². The number of ether oxygens (including phenoxy) is 2. The van der Waals surface area contributed by atoms with Gasteiger partial charge in [-0.2, -0.15) is 5.26 Å². The highest BCUT2D eigenvalue weighted by atomic mass is 16.5. The van der Waals surface area contributed by atoms with Crippen LogP contribution in [0.15, 0.2) is 63.0 Å². The van der Waals surface area contributed by atoms with Crippen LogP contribution in [0.2, 0.25) is 0 Å². The van der Waals surface area contributed by atoms with Gasteiger partial charge in [-0.1, -0.05) is 6.08 Å². The Kier molecular flexibility index (Phi) is 3.75. The third-order valence-corrected chi connectivity index (χ3v) is 4.40. The fraction of sp³-hybridized carbons (Fsp3) is 0.200. The lowest BCUT2D eigenvalue weighted by atomic mass is 9.90. The minimum Gasteiger partial charge on any atom is -0.497 e. The number of hydrogen-bond acceptors (Lipinski definition) is 5. The summed E-state index contributed by atoms with van der Waals surface area (Å²) in [6.07, 6.45) is 5.63. The molecular weight excluding hydrogens is 316 g/mol. The highest BCUT2D eigenvalue weighted by Crippen LogP contribution is 2.38. The van der Waals surface area contributed by atoms with Crippen molar-refractivity contribution < 1.29 is 13.9 Å². The zero-order chi connectivity index (χ0) is 17.4. The summed E-state index contributed by atoms with van der Waals surface area (Å²) in [4.78, 5) is 4.73. The zero-order valence-corrected chi connectivity index (χ0v) is 13.9. The maximum Gasteiger partial charge on any atom is 0.153 e. The molecule has 2 aliphatic rings. The lowest BCUT2D eigenvalue weighted by molar-refractivity contribution is 0.223. The summed E-state index contributed by atoms with van der Waals surface area (Å²) >= 11 is 0. The van der Waals surface area contributed by atoms with E-state index in [-0.39, 0.29) is 5.92 Å². The van der Waals surface area contributed by atoms with Gasteiger partial charge in [-0.15, -0.1) is 0 Å². The van der Waals surface area contributed by atoms with Crippen LogP contribution in [0.4, 0.5) is 0 Å². The van der Waals surface area contributed by atoms with Gasteiger partial charge in [-0.25, -0.2) is 4.99 Å². The normalized spacial score (nSPS) is 18.8. The Labute approximate surface area is 145 Å². The van der Waals surface area contributed by atoms with Gasteiger partial charge < -0.3 is 13.9 Å². The first-order valence-electron chi connectivity index (χ1n) is 7.92. The molecule has 0 amide bonds. The van der Waals surface area contributed by atoms with Crippen molar-refractivity contribution in [1.29, 1.82) is 5.26 Å². The Morgan fingerprint density at radius 3 is 2.92 bits per heavy atom. The van der Waals surface area contributed by atoms with Gasteiger partial charge in [0.1, 0.15) is 17.0 Å². The van der Waals surface area contributed by atoms with E-state index in [9.17, 15) is 0 Å². The summed E-state index contributed by atoms with van der Waals surface area (Å²) in [6.45, 7) is 0.452. The molecule has 5 nitrogen and oxygen atoms in total. The molecule has 0 bridgehead atoms. The average molecular weight is 332 g/mol. The molecule has 0 fully saturated rings. The van der Waals surface area contributed by atoms with Crippen molar-refractivity contribution in [3.63, 3.8) is 0 Å². The summed E-state index contributed by atoms with van der Waals surface area (Å²) in [5.74, 6) is 1.49. The molecule has 1 unspecified atom stereocenters. The fourth-order valence-corrected chi connectivity index (χ4v) is 3.20. The van der Waals surface area contributed by atoms with E-state index in [1.165, 1.54) is 0 Å². The predicted octanol–water partition coefficient (Wildman–Crippen LogP) is 3.89. The number of allylic oxidation sites excluding steroid dienone is 4. The number of benzene rings is 1. The van der Waals surface area contributed by atoms with Crippen LogP contribution in [0, 0.1) is 17.2 Å². The second-order valence-corrected chi connectivity index (χ2v) is 5.91. The molecule has 0 spiro atoms. The molecule has 124 valence electrons. The lowest BCUT2D eigenvalue weighted by Crippen LogP contribution is -2.14. The minimum absolute atomic E-state index is 0.0230. The number of nitrogens with zero attached hydrogens (tertiary/aromatic N) is 2. The third kappa shape index (κ3) is 2.57. The minimum atomic E-state index is 0.0230. The quantitative estimate of drug-likeness (QED) is 0.852. The number of furan rings is 1. The van der Waals surface area contributed by atoms with E-state index in [1.807, 2.05) is 42.5 Å². The molecule has 1 atom stereocenters. The SMILES string of the molecule is COCC1=C(c2cc3cc(OC)ccc3o2)N=C2C=C(C#N)C=CC21. The van der Waals surface area contributed by atoms with Gasteiger partial charge in [0.05, 0.1) is 31.1 Å². The molecule has 0 radical (unpaired) electrons. The highest BCUT2D eigenvalue weighted by Gasteiger charge is 2.31. The Morgan fingerprint density at radius 2 is 2.16 bits per heavy atom. The Bertz CT molecular complexity index is 1020. The molecular formula is C20H16N2O3. The maximum atomic E-state index is 9.11. The summed E-state index contributed by atoms with van der Waals surface area (Å²) in [5, 5.41) is 10.1. The van der Waals surface area contributed by atoms with E-state index < -0.39 is 0 Å². The summed E-state index contributed by atoms with van der Waals surface area (Å²) in [6, 6.07) is 9.80. The molecule has 4 rings (SSSR count). The van der Waals surface area contributed by atoms with Gasteiger partial charge in [0.2, 0.25) is 0 Å². The number of fused-ring (bicyclic) bond motifs is 2. The standard InChI is InChI=1S/C20H16N2O3/c1-23-11-16-15-5-3-12(10-21)7-17(15)22-20(16)19-9-13-8-14(24-2)4-6-18(13)25-19/h3-9,15H,11H2,1-2H3. The second-order valence-electron chi connectivity index (χ2n) is 5.91. The van der Waals surface area contributed by atoms with E-state index in [0.29, 0.717) is 17.9 Å². The summed E-state index contributed by atoms with van der Waals surface area (Å²) < 4.78 is 16.6. The number of methoxy groups -OCH3 is 2. The van der Waals surface area contributed by atoms with Crippen LogP contribution >= 0.6 is 0 Å². The Balaban J connectivity index is 1.82. The predicted molar refractivity (Wildman–Crippen MR) is 95.3 cm³/mol. The number of nitriles is 1. The number of rotatable bonds is 4. The van der Waals surface area contributed by atoms with E-state index in [4.69, 9.17) is 24.1 Å². The first-order valence-corrected chi connectivity index (χ1v) is 7.92. The average Bonchev–Trinajstić information content (AvgIpc) is 3.22. The molecule has 2 aromatic rings. The van der Waals surface area contributed by atoms with E-state index in [1.54, 1.807) is 14.2 Å². The van der Waals surface area contributed by atoms with Crippen LogP contribution in [0.1, 0.15) is 5.76 Å². The summed E-state index contributed by atoms with van der Waals surface area (Å²) in [7, 11) is 3.30. The van der Waals surface area contributed by atoms with Crippen LogP contribution < -0.4 is 4.74 Å². The van der Waals surface area contributed by atoms with Crippen LogP contribution in [0.5, 0.6) is 5.75 Å². The molecule has 1 aliphatic carbocycles. The maximum absolute atomic E-state index is 9.11. The first kappa shape index (κ1) is 15.4. The zero-order valence-electron chi connectivity index (χ0n) is 13.9. The Hall–Kier alpha value is -3.10. The van der Waals surface area contributed by atoms with E-state index in [2.05, 4.69) is 6.07 Å². The molecule has 0 saturated heterocycles. The van der Waals surface area contributed by atoms with Crippen molar-refractivity contribution in [3.05, 3.63) is 59.4 Å². The van der Waals surface area contributed by atoms with Crippen LogP contribution in [0.25, 0.3) is 16.7 Å². The van der Waals surface area contributed by atoms with Crippen LogP contribution in [-0.2, 0) is 4.74 Å². The van der Waals surface area contributed by atoms with Gasteiger partial charge in [-0.05, 0) is 42.0 Å². The molecule has 1 aromatic carbocycles. The van der Waals surface area contributed by atoms with Crippen molar-refractivity contribution in [1.82, 2.24) is 0 Å². The first-order chi connectivity index (χ1) is 12.2. The highest BCUT2D eigenvalue weighted by molar-refractivity contribution is 6.09. The molecule has 0 saturated carbocycles. The molecule has 2 heterocycles. The van der Waals surface area contributed by atoms with Gasteiger partial charge >= 0.3 is 0 Å². The molecule has 25 heavy (non-hydrogen) atoms. The molecule has 5 heteroatoms. The van der Waals surface area contributed by atoms with Gasteiger partial charge in [0.25, 0.3) is 0 Å². The van der Waals surface area contributed by atoms with Gasteiger partial charge in [-0.3, -0.25) is 0 Å². The van der Waals surface area contributed by atoms with E-state index in [0.717, 1.165) is 33.7 Å².